The zero-order valence-corrected chi connectivity index (χ0v) is 16.1. The largest absolute Gasteiger partial charge is 0.300 e. The Morgan fingerprint density at radius 1 is 1.24 bits per heavy atom. The van der Waals surface area contributed by atoms with Crippen LogP contribution in [0.4, 0.5) is 0 Å². The molecule has 0 amide bonds. The minimum Gasteiger partial charge on any atom is -0.300 e. The standard InChI is InChI=1S/C18H21N3O2S2/c1-13-10-14-6-4-8-17(18(14)19-11-13)25(22,23)20-12-15(21(2)3)16-7-5-9-24-16/h4-11,15,20H,12H2,1-3H3. The number of nitrogens with zero attached hydrogens (tertiary/aromatic N) is 2. The van der Waals surface area contributed by atoms with Crippen molar-refractivity contribution in [1.82, 2.24) is 14.6 Å². The van der Waals surface area contributed by atoms with Crippen molar-refractivity contribution in [3.05, 3.63) is 58.4 Å². The van der Waals surface area contributed by atoms with Gasteiger partial charge in [0.15, 0.2) is 0 Å². The van der Waals surface area contributed by atoms with Crippen molar-refractivity contribution in [1.29, 1.82) is 0 Å². The summed E-state index contributed by atoms with van der Waals surface area (Å²) in [5, 5.41) is 2.82. The lowest BCUT2D eigenvalue weighted by atomic mass is 10.2. The molecule has 0 saturated carbocycles. The van der Waals surface area contributed by atoms with Gasteiger partial charge in [-0.15, -0.1) is 11.3 Å². The van der Waals surface area contributed by atoms with Gasteiger partial charge in [-0.25, -0.2) is 13.1 Å². The number of hydrogen-bond acceptors (Lipinski definition) is 5. The molecule has 0 aliphatic carbocycles. The normalized spacial score (nSPS) is 13.4. The summed E-state index contributed by atoms with van der Waals surface area (Å²) in [5.41, 5.74) is 1.50. The molecule has 5 nitrogen and oxygen atoms in total. The second kappa shape index (κ2) is 7.21. The summed E-state index contributed by atoms with van der Waals surface area (Å²) in [6.45, 7) is 2.24. The topological polar surface area (TPSA) is 62.3 Å². The van der Waals surface area contributed by atoms with Gasteiger partial charge in [0.25, 0.3) is 0 Å². The predicted octanol–water partition coefficient (Wildman–Crippen LogP) is 3.19. The molecular weight excluding hydrogens is 354 g/mol. The van der Waals surface area contributed by atoms with Crippen LogP contribution in [0.3, 0.4) is 0 Å². The number of hydrogen-bond donors (Lipinski definition) is 1. The van der Waals surface area contributed by atoms with Crippen LogP contribution in [0.25, 0.3) is 10.9 Å². The highest BCUT2D eigenvalue weighted by Crippen LogP contribution is 2.25. The fourth-order valence-corrected chi connectivity index (χ4v) is 4.88. The number of nitrogens with one attached hydrogen (secondary N) is 1. The Bertz CT molecular complexity index is 967. The molecule has 0 saturated heterocycles. The van der Waals surface area contributed by atoms with Gasteiger partial charge in [-0.2, -0.15) is 0 Å². The molecule has 2 aromatic heterocycles. The number of fused-ring (bicyclic) bond motifs is 1. The van der Waals surface area contributed by atoms with Crippen molar-refractivity contribution in [3.63, 3.8) is 0 Å². The van der Waals surface area contributed by atoms with Crippen molar-refractivity contribution in [3.8, 4) is 0 Å². The molecule has 1 N–H and O–H groups in total. The summed E-state index contributed by atoms with van der Waals surface area (Å²) >= 11 is 1.62. The van der Waals surface area contributed by atoms with Crippen molar-refractivity contribution >= 4 is 32.3 Å². The zero-order valence-electron chi connectivity index (χ0n) is 14.4. The Hall–Kier alpha value is -1.80. The quantitative estimate of drug-likeness (QED) is 0.719. The number of rotatable bonds is 6. The van der Waals surface area contributed by atoms with E-state index >= 15 is 0 Å². The molecule has 3 aromatic rings. The Morgan fingerprint density at radius 3 is 2.72 bits per heavy atom. The number of para-hydroxylation sites is 1. The summed E-state index contributed by atoms with van der Waals surface area (Å²) in [5.74, 6) is 0. The highest BCUT2D eigenvalue weighted by Gasteiger charge is 2.22. The minimum absolute atomic E-state index is 0.0139. The van der Waals surface area contributed by atoms with Gasteiger partial charge in [0.2, 0.25) is 10.0 Å². The van der Waals surface area contributed by atoms with Crippen LogP contribution in [0, 0.1) is 6.92 Å². The van der Waals surface area contributed by atoms with Gasteiger partial charge in [-0.3, -0.25) is 4.98 Å². The van der Waals surface area contributed by atoms with Crippen LogP contribution >= 0.6 is 11.3 Å². The maximum absolute atomic E-state index is 12.9. The molecule has 1 atom stereocenters. The molecule has 3 rings (SSSR count). The molecule has 0 bridgehead atoms. The Kier molecular flexibility index (Phi) is 5.19. The number of aromatic nitrogens is 1. The molecule has 132 valence electrons. The fourth-order valence-electron chi connectivity index (χ4n) is 2.74. The first-order valence-electron chi connectivity index (χ1n) is 7.93. The van der Waals surface area contributed by atoms with Crippen LogP contribution < -0.4 is 4.72 Å². The van der Waals surface area contributed by atoms with Crippen molar-refractivity contribution in [2.75, 3.05) is 20.6 Å². The van der Waals surface area contributed by atoms with Gasteiger partial charge in [0, 0.05) is 23.0 Å². The van der Waals surface area contributed by atoms with Crippen LogP contribution in [0.15, 0.2) is 52.9 Å². The monoisotopic (exact) mass is 375 g/mol. The van der Waals surface area contributed by atoms with E-state index in [4.69, 9.17) is 0 Å². The number of likely N-dealkylation sites (N-methyl/N-ethyl adjacent to an activating group) is 1. The van der Waals surface area contributed by atoms with Crippen LogP contribution in [0.1, 0.15) is 16.5 Å². The number of pyridine rings is 1. The lowest BCUT2D eigenvalue weighted by molar-refractivity contribution is 0.303. The van der Waals surface area contributed by atoms with Crippen LogP contribution in [-0.4, -0.2) is 38.9 Å². The van der Waals surface area contributed by atoms with E-state index in [1.54, 1.807) is 29.7 Å². The summed E-state index contributed by atoms with van der Waals surface area (Å²) in [6.07, 6.45) is 1.69. The molecule has 7 heteroatoms. The van der Waals surface area contributed by atoms with E-state index in [9.17, 15) is 8.42 Å². The second-order valence-corrected chi connectivity index (χ2v) is 8.90. The first kappa shape index (κ1) is 18.0. The average molecular weight is 376 g/mol. The molecular formula is C18H21N3O2S2. The molecule has 1 aromatic carbocycles. The van der Waals surface area contributed by atoms with E-state index in [-0.39, 0.29) is 10.9 Å². The van der Waals surface area contributed by atoms with E-state index in [1.807, 2.05) is 55.6 Å². The van der Waals surface area contributed by atoms with E-state index in [2.05, 4.69) is 9.71 Å². The van der Waals surface area contributed by atoms with Gasteiger partial charge >= 0.3 is 0 Å². The lowest BCUT2D eigenvalue weighted by Gasteiger charge is -2.23. The van der Waals surface area contributed by atoms with Crippen LogP contribution in [-0.2, 0) is 10.0 Å². The summed E-state index contributed by atoms with van der Waals surface area (Å²) < 4.78 is 28.5. The van der Waals surface area contributed by atoms with Gasteiger partial charge in [0.1, 0.15) is 4.90 Å². The fraction of sp³-hybridized carbons (Fsp3) is 0.278. The van der Waals surface area contributed by atoms with E-state index in [0.717, 1.165) is 15.8 Å². The minimum atomic E-state index is -3.65. The molecule has 0 radical (unpaired) electrons. The first-order chi connectivity index (χ1) is 11.9. The van der Waals surface area contributed by atoms with Gasteiger partial charge < -0.3 is 4.90 Å². The maximum atomic E-state index is 12.9. The molecule has 0 fully saturated rings. The van der Waals surface area contributed by atoms with Crippen molar-refractivity contribution < 1.29 is 8.42 Å². The van der Waals surface area contributed by atoms with Gasteiger partial charge in [-0.05, 0) is 50.2 Å². The number of benzene rings is 1. The Labute approximate surface area is 152 Å². The molecule has 1 unspecified atom stereocenters. The van der Waals surface area contributed by atoms with Crippen LogP contribution in [0.5, 0.6) is 0 Å². The van der Waals surface area contributed by atoms with E-state index < -0.39 is 10.0 Å². The van der Waals surface area contributed by atoms with E-state index in [0.29, 0.717) is 12.1 Å². The van der Waals surface area contributed by atoms with Crippen LogP contribution in [0.2, 0.25) is 0 Å². The SMILES string of the molecule is Cc1cnc2c(S(=O)(=O)NCC(c3cccs3)N(C)C)cccc2c1. The summed E-state index contributed by atoms with van der Waals surface area (Å²) in [4.78, 5) is 7.69. The zero-order chi connectivity index (χ0) is 18.0. The van der Waals surface area contributed by atoms with Gasteiger partial charge in [-0.1, -0.05) is 18.2 Å². The number of aryl methyl sites for hydroxylation is 1. The molecule has 0 aliphatic rings. The third-order valence-corrected chi connectivity index (χ3v) is 6.49. The average Bonchev–Trinajstić information content (AvgIpc) is 3.08. The molecule has 0 spiro atoms. The highest BCUT2D eigenvalue weighted by atomic mass is 32.2. The number of thiophene rings is 1. The molecule has 25 heavy (non-hydrogen) atoms. The Morgan fingerprint density at radius 2 is 2.04 bits per heavy atom. The van der Waals surface area contributed by atoms with E-state index in [1.165, 1.54) is 0 Å². The first-order valence-corrected chi connectivity index (χ1v) is 10.3. The lowest BCUT2D eigenvalue weighted by Crippen LogP contribution is -2.34. The third-order valence-electron chi connectivity index (χ3n) is 4.06. The smallest absolute Gasteiger partial charge is 0.242 e. The van der Waals surface area contributed by atoms with Crippen molar-refractivity contribution in [2.24, 2.45) is 0 Å². The Balaban J connectivity index is 1.90. The maximum Gasteiger partial charge on any atom is 0.242 e. The number of sulfonamides is 1. The second-order valence-electron chi connectivity index (χ2n) is 6.19. The molecule has 2 heterocycles. The summed E-state index contributed by atoms with van der Waals surface area (Å²) in [7, 11) is 0.237. The van der Waals surface area contributed by atoms with Crippen molar-refractivity contribution in [2.45, 2.75) is 17.9 Å². The summed E-state index contributed by atoms with van der Waals surface area (Å²) in [6, 6.07) is 11.1. The highest BCUT2D eigenvalue weighted by molar-refractivity contribution is 7.89. The third kappa shape index (κ3) is 3.90. The molecule has 0 aliphatic heterocycles. The van der Waals surface area contributed by atoms with Gasteiger partial charge in [0.05, 0.1) is 11.6 Å². The predicted molar refractivity (Wildman–Crippen MR) is 102 cm³/mol.